The number of hydrogen-bond donors (Lipinski definition) is 3. The van der Waals surface area contributed by atoms with Crippen LogP contribution < -0.4 is 0 Å². The molecule has 0 amide bonds. The molecule has 3 N–H and O–H groups in total. The maximum Gasteiger partial charge on any atom is 0.187 e. The van der Waals surface area contributed by atoms with Gasteiger partial charge >= 0.3 is 0 Å². The molecular formula is C22H44O6. The van der Waals surface area contributed by atoms with Crippen molar-refractivity contribution in [1.82, 2.24) is 0 Å². The molecule has 1 aliphatic rings. The summed E-state index contributed by atoms with van der Waals surface area (Å²) in [5.74, 6) is 0. The summed E-state index contributed by atoms with van der Waals surface area (Å²) in [5.41, 5.74) is -0.554. The summed E-state index contributed by atoms with van der Waals surface area (Å²) in [6.07, 6.45) is -2.17. The summed E-state index contributed by atoms with van der Waals surface area (Å²) in [7, 11) is 0. The molecule has 1 aliphatic heterocycles. The first kappa shape index (κ1) is 25.8. The first-order chi connectivity index (χ1) is 12.6. The van der Waals surface area contributed by atoms with E-state index in [1.807, 2.05) is 27.7 Å². The van der Waals surface area contributed by atoms with Gasteiger partial charge in [0.2, 0.25) is 0 Å². The third-order valence-corrected chi connectivity index (χ3v) is 5.32. The second-order valence-electron chi connectivity index (χ2n) is 11.2. The quantitative estimate of drug-likeness (QED) is 0.547. The molecule has 0 aromatic heterocycles. The van der Waals surface area contributed by atoms with E-state index < -0.39 is 36.1 Å². The van der Waals surface area contributed by atoms with E-state index in [9.17, 15) is 15.3 Å². The van der Waals surface area contributed by atoms with Gasteiger partial charge in [-0.15, -0.1) is 0 Å². The summed E-state index contributed by atoms with van der Waals surface area (Å²) in [6, 6.07) is 0. The van der Waals surface area contributed by atoms with Gasteiger partial charge in [0.15, 0.2) is 6.29 Å². The topological polar surface area (TPSA) is 88.4 Å². The molecule has 1 saturated heterocycles. The summed E-state index contributed by atoms with van der Waals surface area (Å²) in [6.45, 7) is 18.2. The van der Waals surface area contributed by atoms with E-state index in [1.165, 1.54) is 0 Å². The van der Waals surface area contributed by atoms with Crippen molar-refractivity contribution in [1.29, 1.82) is 0 Å². The van der Waals surface area contributed by atoms with Crippen molar-refractivity contribution in [3.63, 3.8) is 0 Å². The Kier molecular flexibility index (Phi) is 8.95. The average molecular weight is 405 g/mol. The highest BCUT2D eigenvalue weighted by Crippen LogP contribution is 2.39. The van der Waals surface area contributed by atoms with Crippen LogP contribution in [0.2, 0.25) is 0 Å². The molecule has 1 rings (SSSR count). The highest BCUT2D eigenvalue weighted by molar-refractivity contribution is 4.96. The van der Waals surface area contributed by atoms with Crippen molar-refractivity contribution >= 4 is 0 Å². The fourth-order valence-electron chi connectivity index (χ4n) is 4.43. The van der Waals surface area contributed by atoms with Gasteiger partial charge in [-0.2, -0.15) is 0 Å². The van der Waals surface area contributed by atoms with Gasteiger partial charge in [0.1, 0.15) is 6.10 Å². The lowest BCUT2D eigenvalue weighted by Gasteiger charge is -2.49. The van der Waals surface area contributed by atoms with E-state index in [1.54, 1.807) is 0 Å². The van der Waals surface area contributed by atoms with Gasteiger partial charge < -0.3 is 29.5 Å². The van der Waals surface area contributed by atoms with Crippen LogP contribution in [0.15, 0.2) is 0 Å². The Morgan fingerprint density at radius 3 is 2.14 bits per heavy atom. The zero-order valence-corrected chi connectivity index (χ0v) is 19.4. The van der Waals surface area contributed by atoms with E-state index in [2.05, 4.69) is 34.6 Å². The predicted molar refractivity (Wildman–Crippen MR) is 110 cm³/mol. The van der Waals surface area contributed by atoms with E-state index in [4.69, 9.17) is 14.2 Å². The van der Waals surface area contributed by atoms with Gasteiger partial charge in [0, 0.05) is 5.41 Å². The maximum atomic E-state index is 10.9. The highest BCUT2D eigenvalue weighted by atomic mass is 16.7. The lowest BCUT2D eigenvalue weighted by molar-refractivity contribution is -0.326. The molecule has 0 radical (unpaired) electrons. The minimum absolute atomic E-state index is 0.0300. The molecule has 0 bridgehead atoms. The van der Waals surface area contributed by atoms with Gasteiger partial charge in [-0.25, -0.2) is 0 Å². The average Bonchev–Trinajstić information content (AvgIpc) is 2.46. The summed E-state index contributed by atoms with van der Waals surface area (Å²) >= 11 is 0. The molecule has 28 heavy (non-hydrogen) atoms. The molecular weight excluding hydrogens is 360 g/mol. The fraction of sp³-hybridized carbons (Fsp3) is 1.00. The van der Waals surface area contributed by atoms with Crippen LogP contribution in [0, 0.1) is 16.2 Å². The third-order valence-electron chi connectivity index (χ3n) is 5.32. The molecule has 0 spiro atoms. The van der Waals surface area contributed by atoms with Crippen LogP contribution in [-0.4, -0.2) is 65.3 Å². The number of aliphatic hydroxyl groups excluding tert-OH is 3. The van der Waals surface area contributed by atoms with Gasteiger partial charge in [-0.1, -0.05) is 48.5 Å². The van der Waals surface area contributed by atoms with Crippen LogP contribution in [0.25, 0.3) is 0 Å². The zero-order chi connectivity index (χ0) is 21.9. The third kappa shape index (κ3) is 7.54. The van der Waals surface area contributed by atoms with Crippen LogP contribution in [0.4, 0.5) is 0 Å². The minimum Gasteiger partial charge on any atom is -0.394 e. The zero-order valence-electron chi connectivity index (χ0n) is 19.4. The van der Waals surface area contributed by atoms with Crippen LogP contribution in [0.5, 0.6) is 0 Å². The lowest BCUT2D eigenvalue weighted by Crippen LogP contribution is -2.62. The van der Waals surface area contributed by atoms with E-state index >= 15 is 0 Å². The van der Waals surface area contributed by atoms with E-state index in [0.717, 1.165) is 6.42 Å². The molecule has 1 fully saturated rings. The largest absolute Gasteiger partial charge is 0.394 e. The van der Waals surface area contributed by atoms with Gasteiger partial charge in [0.25, 0.3) is 0 Å². The lowest BCUT2D eigenvalue weighted by atomic mass is 9.73. The Balaban J connectivity index is 2.79. The second-order valence-corrected chi connectivity index (χ2v) is 11.2. The van der Waals surface area contributed by atoms with Crippen molar-refractivity contribution in [2.75, 3.05) is 13.2 Å². The van der Waals surface area contributed by atoms with Crippen LogP contribution >= 0.6 is 0 Å². The Morgan fingerprint density at radius 2 is 1.68 bits per heavy atom. The van der Waals surface area contributed by atoms with Crippen molar-refractivity contribution < 1.29 is 29.5 Å². The Labute approximate surface area is 171 Å². The smallest absolute Gasteiger partial charge is 0.187 e. The number of aliphatic hydroxyl groups is 3. The molecule has 0 saturated carbocycles. The number of ether oxygens (including phenoxy) is 3. The Morgan fingerprint density at radius 1 is 1.11 bits per heavy atom. The van der Waals surface area contributed by atoms with Crippen molar-refractivity contribution in [3.8, 4) is 0 Å². The van der Waals surface area contributed by atoms with Gasteiger partial charge in [0.05, 0.1) is 37.6 Å². The Hall–Kier alpha value is -0.240. The summed E-state index contributed by atoms with van der Waals surface area (Å²) < 4.78 is 17.6. The standard InChI is InChI=1S/C22H44O6/c1-14(2)27-19-17(18(25)22(8,9)16(11-23)28-19)26-12-15(24)10-21(6,7)13-20(3,4)5/h14-19,23-25H,10-13H2,1-9H3. The monoisotopic (exact) mass is 404 g/mol. The summed E-state index contributed by atoms with van der Waals surface area (Å²) in [4.78, 5) is 0. The normalized spacial score (nSPS) is 29.9. The fourth-order valence-corrected chi connectivity index (χ4v) is 4.43. The van der Waals surface area contributed by atoms with E-state index in [0.29, 0.717) is 6.42 Å². The SMILES string of the molecule is CC(C)OC1OC(CO)C(C)(C)C(O)C1OCC(O)CC(C)(C)CC(C)(C)C. The van der Waals surface area contributed by atoms with Crippen molar-refractivity contribution in [2.45, 2.75) is 112 Å². The number of rotatable bonds is 9. The van der Waals surface area contributed by atoms with Crippen LogP contribution in [0.1, 0.15) is 75.2 Å². The van der Waals surface area contributed by atoms with Crippen molar-refractivity contribution in [3.05, 3.63) is 0 Å². The molecule has 5 unspecified atom stereocenters. The number of hydrogen-bond acceptors (Lipinski definition) is 6. The molecule has 1 heterocycles. The maximum absolute atomic E-state index is 10.9. The molecule has 6 nitrogen and oxygen atoms in total. The van der Waals surface area contributed by atoms with Crippen molar-refractivity contribution in [2.24, 2.45) is 16.2 Å². The summed E-state index contributed by atoms with van der Waals surface area (Å²) in [5, 5.41) is 31.1. The molecule has 0 aromatic carbocycles. The minimum atomic E-state index is -0.892. The second kappa shape index (κ2) is 9.71. The Bertz CT molecular complexity index is 468. The van der Waals surface area contributed by atoms with Gasteiger partial charge in [-0.3, -0.25) is 0 Å². The molecule has 168 valence electrons. The molecule has 6 heteroatoms. The van der Waals surface area contributed by atoms with Gasteiger partial charge in [-0.05, 0) is 37.5 Å². The molecule has 0 aromatic rings. The van der Waals surface area contributed by atoms with Crippen LogP contribution in [0.3, 0.4) is 0 Å². The van der Waals surface area contributed by atoms with E-state index in [-0.39, 0.29) is 30.1 Å². The van der Waals surface area contributed by atoms with Crippen LogP contribution in [-0.2, 0) is 14.2 Å². The predicted octanol–water partition coefficient (Wildman–Crippen LogP) is 3.11. The first-order valence-electron chi connectivity index (χ1n) is 10.5. The molecule has 5 atom stereocenters. The first-order valence-corrected chi connectivity index (χ1v) is 10.5. The molecule has 0 aliphatic carbocycles. The highest BCUT2D eigenvalue weighted by Gasteiger charge is 2.51.